The molecule has 0 saturated heterocycles. The molecular formula is C50H30N4O. The Morgan fingerprint density at radius 3 is 1.51 bits per heavy atom. The summed E-state index contributed by atoms with van der Waals surface area (Å²) in [4.78, 5) is 20.0. The van der Waals surface area contributed by atoms with Gasteiger partial charge in [0.1, 0.15) is 11.2 Å². The molecule has 5 nitrogen and oxygen atoms in total. The number of benzene rings is 8. The quantitative estimate of drug-likeness (QED) is 0.167. The highest BCUT2D eigenvalue weighted by Gasteiger charge is 2.20. The molecule has 0 aliphatic rings. The molecule has 3 heterocycles. The van der Waals surface area contributed by atoms with Crippen molar-refractivity contribution in [2.75, 3.05) is 0 Å². The molecule has 11 aromatic rings. The number of furan rings is 1. The molecule has 5 heteroatoms. The van der Waals surface area contributed by atoms with Crippen molar-refractivity contribution in [1.82, 2.24) is 19.9 Å². The van der Waals surface area contributed by atoms with Gasteiger partial charge in [-0.15, -0.1) is 0 Å². The van der Waals surface area contributed by atoms with Crippen molar-refractivity contribution in [3.8, 4) is 56.4 Å². The summed E-state index contributed by atoms with van der Waals surface area (Å²) in [5.41, 5.74) is 8.46. The molecule has 0 saturated carbocycles. The fraction of sp³-hybridized carbons (Fsp3) is 0. The highest BCUT2D eigenvalue weighted by Crippen LogP contribution is 2.42. The van der Waals surface area contributed by atoms with E-state index >= 15 is 0 Å². The Morgan fingerprint density at radius 1 is 0.327 bits per heavy atom. The normalized spacial score (nSPS) is 11.6. The van der Waals surface area contributed by atoms with Gasteiger partial charge in [-0.3, -0.25) is 4.98 Å². The fourth-order valence-corrected chi connectivity index (χ4v) is 7.99. The van der Waals surface area contributed by atoms with Crippen molar-refractivity contribution >= 4 is 54.3 Å². The molecule has 11 rings (SSSR count). The molecule has 0 aliphatic heterocycles. The summed E-state index contributed by atoms with van der Waals surface area (Å²) in [6.07, 6.45) is 3.79. The van der Waals surface area contributed by atoms with E-state index in [1.165, 1.54) is 32.3 Å². The van der Waals surface area contributed by atoms with Gasteiger partial charge >= 0.3 is 0 Å². The predicted octanol–water partition coefficient (Wildman–Crippen LogP) is 13.0. The van der Waals surface area contributed by atoms with Crippen molar-refractivity contribution < 1.29 is 4.42 Å². The van der Waals surface area contributed by atoms with Gasteiger partial charge in [0.25, 0.3) is 0 Å². The van der Waals surface area contributed by atoms with Gasteiger partial charge in [0.05, 0.1) is 0 Å². The first-order chi connectivity index (χ1) is 27.3. The molecule has 0 N–H and O–H groups in total. The Kier molecular flexibility index (Phi) is 7.10. The molecule has 0 unspecified atom stereocenters. The average molecular weight is 703 g/mol. The third-order valence-electron chi connectivity index (χ3n) is 10.6. The van der Waals surface area contributed by atoms with E-state index in [1.54, 1.807) is 0 Å². The summed E-state index contributed by atoms with van der Waals surface area (Å²) >= 11 is 0. The van der Waals surface area contributed by atoms with Gasteiger partial charge in [-0.1, -0.05) is 158 Å². The van der Waals surface area contributed by atoms with Crippen LogP contribution in [0.1, 0.15) is 0 Å². The Bertz CT molecular complexity index is 3210. The summed E-state index contributed by atoms with van der Waals surface area (Å²) in [5.74, 6) is 1.77. The number of rotatable bonds is 5. The van der Waals surface area contributed by atoms with E-state index in [9.17, 15) is 0 Å². The lowest BCUT2D eigenvalue weighted by atomic mass is 9.92. The van der Waals surface area contributed by atoms with E-state index in [1.807, 2.05) is 60.9 Å². The summed E-state index contributed by atoms with van der Waals surface area (Å²) in [5, 5.41) is 9.20. The molecule has 55 heavy (non-hydrogen) atoms. The van der Waals surface area contributed by atoms with Crippen molar-refractivity contribution in [3.05, 3.63) is 182 Å². The lowest BCUT2D eigenvalue weighted by Gasteiger charge is -2.12. The maximum atomic E-state index is 6.74. The monoisotopic (exact) mass is 702 g/mol. The number of fused-ring (bicyclic) bond motifs is 9. The van der Waals surface area contributed by atoms with Crippen LogP contribution in [0.5, 0.6) is 0 Å². The largest absolute Gasteiger partial charge is 0.455 e. The van der Waals surface area contributed by atoms with Crippen molar-refractivity contribution in [3.63, 3.8) is 0 Å². The van der Waals surface area contributed by atoms with Crippen LogP contribution < -0.4 is 0 Å². The van der Waals surface area contributed by atoms with Gasteiger partial charge in [-0.25, -0.2) is 15.0 Å². The Balaban J connectivity index is 1.09. The van der Waals surface area contributed by atoms with Crippen LogP contribution in [0.15, 0.2) is 187 Å². The van der Waals surface area contributed by atoms with Gasteiger partial charge in [-0.05, 0) is 61.1 Å². The van der Waals surface area contributed by atoms with Crippen LogP contribution in [0.4, 0.5) is 0 Å². The third-order valence-corrected chi connectivity index (χ3v) is 10.6. The molecule has 0 atom stereocenters. The molecule has 8 aromatic carbocycles. The van der Waals surface area contributed by atoms with Crippen LogP contribution in [-0.4, -0.2) is 19.9 Å². The van der Waals surface area contributed by atoms with E-state index in [0.717, 1.165) is 60.9 Å². The highest BCUT2D eigenvalue weighted by atomic mass is 16.3. The van der Waals surface area contributed by atoms with Crippen molar-refractivity contribution in [1.29, 1.82) is 0 Å². The molecule has 0 bridgehead atoms. The minimum absolute atomic E-state index is 0.568. The lowest BCUT2D eigenvalue weighted by Crippen LogP contribution is -2.00. The maximum Gasteiger partial charge on any atom is 0.164 e. The van der Waals surface area contributed by atoms with E-state index in [2.05, 4.69) is 121 Å². The van der Waals surface area contributed by atoms with Crippen LogP contribution in [0.2, 0.25) is 0 Å². The van der Waals surface area contributed by atoms with Crippen molar-refractivity contribution in [2.45, 2.75) is 0 Å². The van der Waals surface area contributed by atoms with E-state index < -0.39 is 0 Å². The zero-order chi connectivity index (χ0) is 36.3. The van der Waals surface area contributed by atoms with Crippen LogP contribution in [-0.2, 0) is 0 Å². The summed E-state index contributed by atoms with van der Waals surface area (Å²) < 4.78 is 6.74. The predicted molar refractivity (Wildman–Crippen MR) is 225 cm³/mol. The van der Waals surface area contributed by atoms with Crippen LogP contribution in [0, 0.1) is 0 Å². The average Bonchev–Trinajstić information content (AvgIpc) is 3.66. The molecule has 0 amide bonds. The number of aromatic nitrogens is 4. The second kappa shape index (κ2) is 12.6. The Hall–Kier alpha value is -7.50. The van der Waals surface area contributed by atoms with Gasteiger partial charge < -0.3 is 4.42 Å². The highest BCUT2D eigenvalue weighted by molar-refractivity contribution is 6.26. The molecule has 256 valence electrons. The zero-order valence-corrected chi connectivity index (χ0v) is 29.5. The number of nitrogens with zero attached hydrogens (tertiary/aromatic N) is 4. The minimum Gasteiger partial charge on any atom is -0.455 e. The lowest BCUT2D eigenvalue weighted by molar-refractivity contribution is 0.669. The Labute approximate surface area is 316 Å². The van der Waals surface area contributed by atoms with E-state index in [-0.39, 0.29) is 0 Å². The zero-order valence-electron chi connectivity index (χ0n) is 29.5. The number of pyridine rings is 1. The SMILES string of the molecule is c1ccc(-c2ccc(-c3nc(-c4ccccc4)nc(-c4cccc5oc6c(-c7ccc8c9ccccc9c9ccccc9c8c7)cncc6c45)n3)cc2)cc1. The molecule has 0 aliphatic carbocycles. The summed E-state index contributed by atoms with van der Waals surface area (Å²) in [6.45, 7) is 0. The second-order valence-corrected chi connectivity index (χ2v) is 13.8. The number of hydrogen-bond acceptors (Lipinski definition) is 5. The third kappa shape index (κ3) is 5.17. The van der Waals surface area contributed by atoms with E-state index in [4.69, 9.17) is 24.4 Å². The molecule has 3 aromatic heterocycles. The molecular weight excluding hydrogens is 673 g/mol. The second-order valence-electron chi connectivity index (χ2n) is 13.8. The number of hydrogen-bond donors (Lipinski definition) is 0. The molecule has 0 radical (unpaired) electrons. The van der Waals surface area contributed by atoms with Gasteiger partial charge in [0, 0.05) is 45.4 Å². The fourth-order valence-electron chi connectivity index (χ4n) is 7.99. The topological polar surface area (TPSA) is 64.7 Å². The van der Waals surface area contributed by atoms with E-state index in [0.29, 0.717) is 17.5 Å². The first-order valence-corrected chi connectivity index (χ1v) is 18.4. The first kappa shape index (κ1) is 31.1. The molecule has 0 fully saturated rings. The van der Waals surface area contributed by atoms with Gasteiger partial charge in [-0.2, -0.15) is 0 Å². The summed E-state index contributed by atoms with van der Waals surface area (Å²) in [7, 11) is 0. The first-order valence-electron chi connectivity index (χ1n) is 18.4. The standard InChI is InChI=1S/C50H30N4O/c1-3-12-31(13-4-1)32-22-24-34(25-23-32)49-52-48(33-14-5-2-6-15-33)53-50(54-49)41-20-11-21-45-46(41)44-30-51-29-43(47(44)55-45)35-26-27-40-38-18-8-7-16-36(38)37-17-9-10-19-39(37)42(40)28-35/h1-30H. The summed E-state index contributed by atoms with van der Waals surface area (Å²) in [6, 6.07) is 58.9. The van der Waals surface area contributed by atoms with Gasteiger partial charge in [0.2, 0.25) is 0 Å². The van der Waals surface area contributed by atoms with Crippen LogP contribution in [0.25, 0.3) is 111 Å². The van der Waals surface area contributed by atoms with Crippen LogP contribution in [0.3, 0.4) is 0 Å². The minimum atomic E-state index is 0.568. The Morgan fingerprint density at radius 2 is 0.836 bits per heavy atom. The maximum absolute atomic E-state index is 6.74. The van der Waals surface area contributed by atoms with Gasteiger partial charge in [0.15, 0.2) is 17.5 Å². The van der Waals surface area contributed by atoms with Crippen molar-refractivity contribution in [2.24, 2.45) is 0 Å². The smallest absolute Gasteiger partial charge is 0.164 e. The van der Waals surface area contributed by atoms with Crippen LogP contribution >= 0.6 is 0 Å². The molecule has 0 spiro atoms.